The minimum absolute atomic E-state index is 0.564. The molecule has 1 heterocycles. The van der Waals surface area contributed by atoms with Crippen LogP contribution in [0.5, 0.6) is 0 Å². The van der Waals surface area contributed by atoms with Crippen molar-refractivity contribution in [2.24, 2.45) is 16.6 Å². The first kappa shape index (κ1) is 18.2. The Morgan fingerprint density at radius 1 is 1.19 bits per heavy atom. The predicted molar refractivity (Wildman–Crippen MR) is 91.7 cm³/mol. The fourth-order valence-electron chi connectivity index (χ4n) is 2.61. The van der Waals surface area contributed by atoms with Gasteiger partial charge < -0.3 is 20.9 Å². The lowest BCUT2D eigenvalue weighted by atomic mass is 10.1. The maximum atomic E-state index is 5.91. The van der Waals surface area contributed by atoms with Crippen LogP contribution in [-0.2, 0) is 0 Å². The van der Waals surface area contributed by atoms with Gasteiger partial charge in [0.1, 0.15) is 0 Å². The molecule has 21 heavy (non-hydrogen) atoms. The number of likely N-dealkylation sites (N-methyl/N-ethyl adjacent to an activating group) is 1. The highest BCUT2D eigenvalue weighted by molar-refractivity contribution is 5.77. The van der Waals surface area contributed by atoms with Crippen molar-refractivity contribution < 1.29 is 0 Å². The Labute approximate surface area is 131 Å². The van der Waals surface area contributed by atoms with E-state index in [2.05, 4.69) is 41.0 Å². The van der Waals surface area contributed by atoms with E-state index in [4.69, 9.17) is 5.73 Å². The minimum atomic E-state index is 0.564. The molecule has 124 valence electrons. The summed E-state index contributed by atoms with van der Waals surface area (Å²) in [5, 5.41) is 3.21. The molecule has 0 aromatic heterocycles. The summed E-state index contributed by atoms with van der Waals surface area (Å²) < 4.78 is 0. The van der Waals surface area contributed by atoms with E-state index in [1.54, 1.807) is 0 Å². The number of unbranched alkanes of at least 4 members (excludes halogenated alkanes) is 3. The number of hydrogen-bond donors (Lipinski definition) is 2. The Bertz CT molecular complexity index is 284. The van der Waals surface area contributed by atoms with Gasteiger partial charge in [0.15, 0.2) is 5.96 Å². The van der Waals surface area contributed by atoms with Gasteiger partial charge in [0, 0.05) is 45.8 Å². The van der Waals surface area contributed by atoms with Crippen LogP contribution in [0.15, 0.2) is 4.99 Å². The molecule has 1 rings (SSSR count). The number of piperazine rings is 1. The number of nitrogens with zero attached hydrogens (tertiary/aromatic N) is 3. The first-order chi connectivity index (χ1) is 10.1. The summed E-state index contributed by atoms with van der Waals surface area (Å²) >= 11 is 0. The van der Waals surface area contributed by atoms with Crippen LogP contribution in [0.2, 0.25) is 0 Å². The molecule has 0 saturated carbocycles. The summed E-state index contributed by atoms with van der Waals surface area (Å²) in [6, 6.07) is 0. The van der Waals surface area contributed by atoms with Crippen LogP contribution < -0.4 is 11.1 Å². The van der Waals surface area contributed by atoms with Crippen molar-refractivity contribution in [3.63, 3.8) is 0 Å². The van der Waals surface area contributed by atoms with Crippen molar-refractivity contribution in [1.29, 1.82) is 0 Å². The summed E-state index contributed by atoms with van der Waals surface area (Å²) in [4.78, 5) is 9.39. The molecule has 5 nitrogen and oxygen atoms in total. The molecule has 1 fully saturated rings. The Morgan fingerprint density at radius 3 is 2.57 bits per heavy atom. The molecular formula is C16H35N5. The van der Waals surface area contributed by atoms with Crippen LogP contribution in [0, 0.1) is 5.92 Å². The third-order valence-electron chi connectivity index (χ3n) is 4.08. The van der Waals surface area contributed by atoms with Gasteiger partial charge in [-0.1, -0.05) is 33.1 Å². The molecule has 0 aromatic rings. The average molecular weight is 297 g/mol. The third-order valence-corrected chi connectivity index (χ3v) is 4.08. The van der Waals surface area contributed by atoms with Crippen molar-refractivity contribution in [2.75, 3.05) is 52.9 Å². The van der Waals surface area contributed by atoms with Gasteiger partial charge in [0.2, 0.25) is 0 Å². The monoisotopic (exact) mass is 297 g/mol. The number of nitrogens with two attached hydrogens (primary N) is 1. The lowest BCUT2D eigenvalue weighted by molar-refractivity contribution is 0.140. The first-order valence-electron chi connectivity index (χ1n) is 8.56. The van der Waals surface area contributed by atoms with Crippen molar-refractivity contribution in [3.05, 3.63) is 0 Å². The largest absolute Gasteiger partial charge is 0.370 e. The van der Waals surface area contributed by atoms with E-state index in [-0.39, 0.29) is 0 Å². The predicted octanol–water partition coefficient (Wildman–Crippen LogP) is 1.35. The summed E-state index contributed by atoms with van der Waals surface area (Å²) in [5.41, 5.74) is 5.91. The highest BCUT2D eigenvalue weighted by Crippen LogP contribution is 2.04. The molecule has 3 N–H and O–H groups in total. The number of hydrogen-bond acceptors (Lipinski definition) is 3. The zero-order valence-corrected chi connectivity index (χ0v) is 14.3. The zero-order valence-electron chi connectivity index (χ0n) is 14.3. The Hall–Kier alpha value is -0.810. The Balaban J connectivity index is 2.09. The van der Waals surface area contributed by atoms with E-state index < -0.39 is 0 Å². The van der Waals surface area contributed by atoms with Crippen molar-refractivity contribution in [1.82, 2.24) is 15.1 Å². The number of aliphatic imine (C=N–C) groups is 1. The molecule has 0 amide bonds. The molecule has 1 aliphatic rings. The van der Waals surface area contributed by atoms with Gasteiger partial charge in [0.05, 0.1) is 0 Å². The summed E-state index contributed by atoms with van der Waals surface area (Å²) in [5.74, 6) is 1.17. The van der Waals surface area contributed by atoms with Crippen LogP contribution in [0.4, 0.5) is 0 Å². The second kappa shape index (κ2) is 10.9. The standard InChI is InChI=1S/C16H35N5/c1-4-5-6-7-8-18-16(17)19-13-15(2)14-21-11-9-20(3)10-12-21/h15H,4-14H2,1-3H3,(H3,17,18,19). The van der Waals surface area contributed by atoms with E-state index in [1.807, 2.05) is 0 Å². The van der Waals surface area contributed by atoms with Crippen LogP contribution in [0.1, 0.15) is 39.5 Å². The van der Waals surface area contributed by atoms with E-state index >= 15 is 0 Å². The van der Waals surface area contributed by atoms with Gasteiger partial charge in [-0.15, -0.1) is 0 Å². The number of rotatable bonds is 9. The topological polar surface area (TPSA) is 56.9 Å². The van der Waals surface area contributed by atoms with Crippen LogP contribution in [-0.4, -0.2) is 68.6 Å². The number of guanidine groups is 1. The fourth-order valence-corrected chi connectivity index (χ4v) is 2.61. The molecule has 1 saturated heterocycles. The van der Waals surface area contributed by atoms with Crippen molar-refractivity contribution >= 4 is 5.96 Å². The van der Waals surface area contributed by atoms with E-state index in [0.29, 0.717) is 11.9 Å². The van der Waals surface area contributed by atoms with Gasteiger partial charge in [-0.25, -0.2) is 0 Å². The fraction of sp³-hybridized carbons (Fsp3) is 0.938. The van der Waals surface area contributed by atoms with E-state index in [9.17, 15) is 0 Å². The lowest BCUT2D eigenvalue weighted by Crippen LogP contribution is -2.46. The summed E-state index contributed by atoms with van der Waals surface area (Å²) in [6.07, 6.45) is 5.03. The SMILES string of the molecule is CCCCCCNC(N)=NCC(C)CN1CCN(C)CC1. The quantitative estimate of drug-likeness (QED) is 0.383. The molecule has 0 spiro atoms. The normalized spacial score (nSPS) is 19.7. The lowest BCUT2D eigenvalue weighted by Gasteiger charge is -2.33. The van der Waals surface area contributed by atoms with Crippen molar-refractivity contribution in [3.8, 4) is 0 Å². The van der Waals surface area contributed by atoms with Gasteiger partial charge in [-0.3, -0.25) is 4.99 Å². The molecule has 1 aliphatic heterocycles. The van der Waals surface area contributed by atoms with Crippen LogP contribution in [0.3, 0.4) is 0 Å². The smallest absolute Gasteiger partial charge is 0.188 e. The highest BCUT2D eigenvalue weighted by atomic mass is 15.2. The average Bonchev–Trinajstić information content (AvgIpc) is 2.47. The van der Waals surface area contributed by atoms with E-state index in [1.165, 1.54) is 51.9 Å². The number of nitrogens with one attached hydrogen (secondary N) is 1. The second-order valence-corrected chi connectivity index (χ2v) is 6.42. The van der Waals surface area contributed by atoms with Gasteiger partial charge >= 0.3 is 0 Å². The molecule has 5 heteroatoms. The molecule has 0 radical (unpaired) electrons. The molecule has 1 unspecified atom stereocenters. The Kier molecular flexibility index (Phi) is 9.42. The summed E-state index contributed by atoms with van der Waals surface area (Å²) in [7, 11) is 2.19. The second-order valence-electron chi connectivity index (χ2n) is 6.42. The van der Waals surface area contributed by atoms with Crippen LogP contribution in [0.25, 0.3) is 0 Å². The zero-order chi connectivity index (χ0) is 15.5. The Morgan fingerprint density at radius 2 is 1.90 bits per heavy atom. The third kappa shape index (κ3) is 8.94. The maximum Gasteiger partial charge on any atom is 0.188 e. The van der Waals surface area contributed by atoms with Gasteiger partial charge in [-0.05, 0) is 19.4 Å². The van der Waals surface area contributed by atoms with Gasteiger partial charge in [0.25, 0.3) is 0 Å². The maximum absolute atomic E-state index is 5.91. The summed E-state index contributed by atoms with van der Waals surface area (Å²) in [6.45, 7) is 12.1. The van der Waals surface area contributed by atoms with Gasteiger partial charge in [-0.2, -0.15) is 0 Å². The first-order valence-corrected chi connectivity index (χ1v) is 8.56. The van der Waals surface area contributed by atoms with Crippen molar-refractivity contribution in [2.45, 2.75) is 39.5 Å². The highest BCUT2D eigenvalue weighted by Gasteiger charge is 2.15. The molecule has 0 bridgehead atoms. The molecular weight excluding hydrogens is 262 g/mol. The molecule has 0 aromatic carbocycles. The minimum Gasteiger partial charge on any atom is -0.370 e. The molecule has 0 aliphatic carbocycles. The van der Waals surface area contributed by atoms with Crippen LogP contribution >= 0.6 is 0 Å². The van der Waals surface area contributed by atoms with E-state index in [0.717, 1.165) is 19.6 Å². The molecule has 1 atom stereocenters.